The molecule has 0 aliphatic heterocycles. The highest BCUT2D eigenvalue weighted by Gasteiger charge is 2.13. The number of hydrogen-bond donors (Lipinski definition) is 1. The second kappa shape index (κ2) is 4.74. The maximum absolute atomic E-state index is 6.16. The van der Waals surface area contributed by atoms with Crippen LogP contribution in [0.2, 0.25) is 0 Å². The molecule has 1 unspecified atom stereocenters. The Balaban J connectivity index is 1.89. The van der Waals surface area contributed by atoms with Gasteiger partial charge in [0.1, 0.15) is 12.2 Å². The lowest BCUT2D eigenvalue weighted by atomic mass is 10.1. The minimum atomic E-state index is -0.236. The fourth-order valence-electron chi connectivity index (χ4n) is 1.96. The topological polar surface area (TPSA) is 82.5 Å². The Hall–Kier alpha value is -2.34. The minimum Gasteiger partial charge on any atom is -0.322 e. The molecule has 2 N–H and O–H groups in total. The van der Waals surface area contributed by atoms with Gasteiger partial charge in [-0.05, 0) is 12.1 Å². The second-order valence-corrected chi connectivity index (χ2v) is 4.39. The molecule has 0 aliphatic rings. The van der Waals surface area contributed by atoms with Crippen LogP contribution in [0.15, 0.2) is 36.8 Å². The molecular formula is C13H14N6. The molecule has 3 rings (SSSR count). The van der Waals surface area contributed by atoms with Crippen LogP contribution in [0.4, 0.5) is 0 Å². The lowest BCUT2D eigenvalue weighted by Gasteiger charge is -2.10. The summed E-state index contributed by atoms with van der Waals surface area (Å²) in [6, 6.07) is 7.51. The van der Waals surface area contributed by atoms with E-state index in [-0.39, 0.29) is 6.04 Å². The summed E-state index contributed by atoms with van der Waals surface area (Å²) in [6.45, 7) is 0. The highest BCUT2D eigenvalue weighted by atomic mass is 15.3. The van der Waals surface area contributed by atoms with Crippen molar-refractivity contribution in [1.82, 2.24) is 24.7 Å². The third-order valence-corrected chi connectivity index (χ3v) is 3.05. The van der Waals surface area contributed by atoms with E-state index in [4.69, 9.17) is 5.73 Å². The van der Waals surface area contributed by atoms with Gasteiger partial charge in [0.15, 0.2) is 0 Å². The Morgan fingerprint density at radius 3 is 2.74 bits per heavy atom. The summed E-state index contributed by atoms with van der Waals surface area (Å²) in [5.74, 6) is 0.836. The first kappa shape index (κ1) is 11.7. The van der Waals surface area contributed by atoms with Gasteiger partial charge < -0.3 is 5.73 Å². The Kier molecular flexibility index (Phi) is 2.92. The van der Waals surface area contributed by atoms with Gasteiger partial charge >= 0.3 is 0 Å². The average molecular weight is 254 g/mol. The van der Waals surface area contributed by atoms with Gasteiger partial charge in [0.05, 0.1) is 29.0 Å². The first-order valence-electron chi connectivity index (χ1n) is 6.04. The van der Waals surface area contributed by atoms with Gasteiger partial charge in [-0.3, -0.25) is 9.67 Å². The van der Waals surface area contributed by atoms with Crippen LogP contribution in [0, 0.1) is 0 Å². The van der Waals surface area contributed by atoms with Crippen molar-refractivity contribution >= 4 is 11.0 Å². The molecule has 0 aliphatic carbocycles. The summed E-state index contributed by atoms with van der Waals surface area (Å²) in [5, 5.41) is 4.03. The van der Waals surface area contributed by atoms with Crippen LogP contribution < -0.4 is 5.73 Å². The summed E-state index contributed by atoms with van der Waals surface area (Å²) in [4.78, 5) is 13.1. The molecule has 0 spiro atoms. The van der Waals surface area contributed by atoms with Crippen molar-refractivity contribution in [2.24, 2.45) is 12.8 Å². The Morgan fingerprint density at radius 2 is 2.00 bits per heavy atom. The molecule has 0 fully saturated rings. The third kappa shape index (κ3) is 2.30. The molecule has 0 radical (unpaired) electrons. The molecule has 0 saturated carbocycles. The predicted molar refractivity (Wildman–Crippen MR) is 71.2 cm³/mol. The van der Waals surface area contributed by atoms with Crippen molar-refractivity contribution in [3.8, 4) is 0 Å². The fourth-order valence-corrected chi connectivity index (χ4v) is 1.96. The SMILES string of the molecule is Cn1ncnc1CC(N)c1cnc2ccccc2n1. The zero-order valence-corrected chi connectivity index (χ0v) is 10.6. The standard InChI is InChI=1S/C13H14N6/c1-19-13(16-8-17-19)6-9(14)12-7-15-10-4-2-3-5-11(10)18-12/h2-5,7-9H,6,14H2,1H3. The van der Waals surface area contributed by atoms with Gasteiger partial charge in [0.2, 0.25) is 0 Å². The predicted octanol–water partition coefficient (Wildman–Crippen LogP) is 1.00. The molecule has 1 atom stereocenters. The van der Waals surface area contributed by atoms with E-state index in [0.717, 1.165) is 22.6 Å². The number of rotatable bonds is 3. The first-order valence-corrected chi connectivity index (χ1v) is 6.04. The highest BCUT2D eigenvalue weighted by molar-refractivity contribution is 5.73. The second-order valence-electron chi connectivity index (χ2n) is 4.39. The van der Waals surface area contributed by atoms with Gasteiger partial charge in [-0.15, -0.1) is 0 Å². The molecule has 96 valence electrons. The van der Waals surface area contributed by atoms with Gasteiger partial charge in [0.25, 0.3) is 0 Å². The fraction of sp³-hybridized carbons (Fsp3) is 0.231. The zero-order valence-electron chi connectivity index (χ0n) is 10.6. The number of nitrogens with two attached hydrogens (primary N) is 1. The van der Waals surface area contributed by atoms with E-state index in [1.807, 2.05) is 31.3 Å². The molecule has 2 aromatic heterocycles. The van der Waals surface area contributed by atoms with Crippen LogP contribution in [-0.2, 0) is 13.5 Å². The van der Waals surface area contributed by atoms with E-state index >= 15 is 0 Å². The lowest BCUT2D eigenvalue weighted by Crippen LogP contribution is -2.17. The van der Waals surface area contributed by atoms with Crippen LogP contribution in [0.5, 0.6) is 0 Å². The number of para-hydroxylation sites is 2. The van der Waals surface area contributed by atoms with Gasteiger partial charge in [0, 0.05) is 13.5 Å². The van der Waals surface area contributed by atoms with Crippen molar-refractivity contribution in [3.63, 3.8) is 0 Å². The molecule has 1 aromatic carbocycles. The van der Waals surface area contributed by atoms with Crippen molar-refractivity contribution in [1.29, 1.82) is 0 Å². The molecule has 2 heterocycles. The summed E-state index contributed by atoms with van der Waals surface area (Å²) in [5.41, 5.74) is 8.66. The molecule has 0 bridgehead atoms. The van der Waals surface area contributed by atoms with Crippen molar-refractivity contribution in [2.45, 2.75) is 12.5 Å². The minimum absolute atomic E-state index is 0.236. The van der Waals surface area contributed by atoms with E-state index in [1.165, 1.54) is 6.33 Å². The highest BCUT2D eigenvalue weighted by Crippen LogP contribution is 2.15. The number of aromatic nitrogens is 5. The maximum Gasteiger partial charge on any atom is 0.138 e. The molecule has 6 nitrogen and oxygen atoms in total. The molecule has 0 saturated heterocycles. The first-order chi connectivity index (χ1) is 9.24. The number of nitrogens with zero attached hydrogens (tertiary/aromatic N) is 5. The Morgan fingerprint density at radius 1 is 1.21 bits per heavy atom. The zero-order chi connectivity index (χ0) is 13.2. The summed E-state index contributed by atoms with van der Waals surface area (Å²) in [6.07, 6.45) is 3.83. The summed E-state index contributed by atoms with van der Waals surface area (Å²) >= 11 is 0. The van der Waals surface area contributed by atoms with Crippen LogP contribution in [0.1, 0.15) is 17.6 Å². The van der Waals surface area contributed by atoms with Crippen LogP contribution >= 0.6 is 0 Å². The number of aryl methyl sites for hydroxylation is 1. The van der Waals surface area contributed by atoms with Crippen LogP contribution in [-0.4, -0.2) is 24.7 Å². The third-order valence-electron chi connectivity index (χ3n) is 3.05. The van der Waals surface area contributed by atoms with Crippen LogP contribution in [0.25, 0.3) is 11.0 Å². The largest absolute Gasteiger partial charge is 0.322 e. The lowest BCUT2D eigenvalue weighted by molar-refractivity contribution is 0.618. The maximum atomic E-state index is 6.16. The number of fused-ring (bicyclic) bond motifs is 1. The quantitative estimate of drug-likeness (QED) is 0.754. The van der Waals surface area contributed by atoms with E-state index < -0.39 is 0 Å². The Bertz CT molecular complexity index is 705. The van der Waals surface area contributed by atoms with Gasteiger partial charge in [-0.1, -0.05) is 12.1 Å². The molecule has 3 aromatic rings. The average Bonchev–Trinajstić information content (AvgIpc) is 2.84. The van der Waals surface area contributed by atoms with E-state index in [9.17, 15) is 0 Å². The number of hydrogen-bond acceptors (Lipinski definition) is 5. The van der Waals surface area contributed by atoms with E-state index in [1.54, 1.807) is 10.9 Å². The van der Waals surface area contributed by atoms with E-state index in [0.29, 0.717) is 6.42 Å². The van der Waals surface area contributed by atoms with E-state index in [2.05, 4.69) is 20.1 Å². The summed E-state index contributed by atoms with van der Waals surface area (Å²) in [7, 11) is 1.85. The molecule has 0 amide bonds. The summed E-state index contributed by atoms with van der Waals surface area (Å²) < 4.78 is 1.72. The van der Waals surface area contributed by atoms with Gasteiger partial charge in [-0.25, -0.2) is 9.97 Å². The van der Waals surface area contributed by atoms with Crippen LogP contribution in [0.3, 0.4) is 0 Å². The molecule has 6 heteroatoms. The van der Waals surface area contributed by atoms with Crippen molar-refractivity contribution < 1.29 is 0 Å². The number of benzene rings is 1. The van der Waals surface area contributed by atoms with Crippen molar-refractivity contribution in [3.05, 3.63) is 48.3 Å². The molecular weight excluding hydrogens is 240 g/mol. The Labute approximate surface area is 110 Å². The molecule has 19 heavy (non-hydrogen) atoms. The smallest absolute Gasteiger partial charge is 0.138 e. The van der Waals surface area contributed by atoms with Crippen molar-refractivity contribution in [2.75, 3.05) is 0 Å². The monoisotopic (exact) mass is 254 g/mol. The normalized spacial score (nSPS) is 12.7. The van der Waals surface area contributed by atoms with Gasteiger partial charge in [-0.2, -0.15) is 5.10 Å².